The van der Waals surface area contributed by atoms with Gasteiger partial charge >= 0.3 is 0 Å². The van der Waals surface area contributed by atoms with Crippen LogP contribution in [0.1, 0.15) is 30.8 Å². The lowest BCUT2D eigenvalue weighted by atomic mass is 9.93. The summed E-state index contributed by atoms with van der Waals surface area (Å²) >= 11 is 0. The Morgan fingerprint density at radius 2 is 2.11 bits per heavy atom. The Balaban J connectivity index is 1.99. The van der Waals surface area contributed by atoms with Gasteiger partial charge in [0.15, 0.2) is 5.96 Å². The molecule has 0 aromatic carbocycles. The largest absolute Gasteiger partial charge is 0.356 e. The summed E-state index contributed by atoms with van der Waals surface area (Å²) in [6.45, 7) is 11.2. The fraction of sp³-hybridized carbons (Fsp3) is 0.692. The Kier molecular flexibility index (Phi) is 3.32. The Morgan fingerprint density at radius 1 is 1.39 bits per heavy atom. The number of aryl methyl sites for hydroxylation is 2. The van der Waals surface area contributed by atoms with Crippen LogP contribution >= 0.6 is 0 Å². The van der Waals surface area contributed by atoms with Crippen LogP contribution in [-0.4, -0.2) is 28.8 Å². The van der Waals surface area contributed by atoms with E-state index in [2.05, 4.69) is 41.5 Å². The third-order valence-corrected chi connectivity index (χ3v) is 3.49. The van der Waals surface area contributed by atoms with Crippen molar-refractivity contribution in [1.29, 1.82) is 0 Å². The van der Waals surface area contributed by atoms with Crippen molar-refractivity contribution in [2.45, 2.75) is 34.2 Å². The summed E-state index contributed by atoms with van der Waals surface area (Å²) in [6.07, 6.45) is 0. The second-order valence-electron chi connectivity index (χ2n) is 5.81. The number of aliphatic imine (C=N–C) groups is 1. The number of hydrogen-bond donors (Lipinski definition) is 2. The maximum absolute atomic E-state index is 4.53. The molecular formula is C13H23N5. The number of guanidine groups is 1. The Morgan fingerprint density at radius 3 is 2.61 bits per heavy atom. The molecular weight excluding hydrogens is 226 g/mol. The number of nitrogens with zero attached hydrogens (tertiary/aromatic N) is 3. The fourth-order valence-electron chi connectivity index (χ4n) is 2.09. The minimum atomic E-state index is 0.255. The predicted molar refractivity (Wildman–Crippen MR) is 73.6 cm³/mol. The standard InChI is InChI=1S/C13H23N5/c1-9-11(10(2)18(5)17-9)6-14-12-15-7-13(3,4)8-16-12/h6-8H2,1-5H3,(H2,14,15,16). The van der Waals surface area contributed by atoms with Crippen LogP contribution in [0.3, 0.4) is 0 Å². The molecule has 0 atom stereocenters. The normalized spacial score (nSPS) is 18.2. The van der Waals surface area contributed by atoms with Gasteiger partial charge in [-0.25, -0.2) is 0 Å². The summed E-state index contributed by atoms with van der Waals surface area (Å²) in [5, 5.41) is 11.1. The molecule has 0 bridgehead atoms. The molecule has 1 aromatic heterocycles. The van der Waals surface area contributed by atoms with Crippen LogP contribution in [-0.2, 0) is 13.6 Å². The Bertz CT molecular complexity index is 470. The van der Waals surface area contributed by atoms with Crippen LogP contribution in [0.25, 0.3) is 0 Å². The summed E-state index contributed by atoms with van der Waals surface area (Å²) in [6, 6.07) is 0. The lowest BCUT2D eigenvalue weighted by molar-refractivity contribution is 0.358. The van der Waals surface area contributed by atoms with Crippen LogP contribution in [0.4, 0.5) is 0 Å². The van der Waals surface area contributed by atoms with E-state index in [1.54, 1.807) is 0 Å². The molecule has 0 saturated heterocycles. The zero-order chi connectivity index (χ0) is 13.3. The van der Waals surface area contributed by atoms with E-state index < -0.39 is 0 Å². The maximum atomic E-state index is 4.53. The molecule has 0 fully saturated rings. The molecule has 0 saturated carbocycles. The van der Waals surface area contributed by atoms with Gasteiger partial charge in [-0.1, -0.05) is 13.8 Å². The minimum absolute atomic E-state index is 0.255. The molecule has 0 radical (unpaired) electrons. The number of aromatic nitrogens is 2. The highest BCUT2D eigenvalue weighted by molar-refractivity contribution is 5.80. The van der Waals surface area contributed by atoms with Gasteiger partial charge in [0.2, 0.25) is 0 Å². The second kappa shape index (κ2) is 4.63. The molecule has 1 aromatic rings. The van der Waals surface area contributed by atoms with Crippen LogP contribution in [0.2, 0.25) is 0 Å². The summed E-state index contributed by atoms with van der Waals surface area (Å²) < 4.78 is 1.92. The highest BCUT2D eigenvalue weighted by Gasteiger charge is 2.22. The minimum Gasteiger partial charge on any atom is -0.356 e. The van der Waals surface area contributed by atoms with E-state index in [0.29, 0.717) is 0 Å². The van der Waals surface area contributed by atoms with E-state index in [4.69, 9.17) is 0 Å². The van der Waals surface area contributed by atoms with Crippen molar-refractivity contribution in [3.05, 3.63) is 17.0 Å². The summed E-state index contributed by atoms with van der Waals surface area (Å²) in [4.78, 5) is 4.53. The van der Waals surface area contributed by atoms with Gasteiger partial charge in [0.05, 0.1) is 5.69 Å². The van der Waals surface area contributed by atoms with Crippen LogP contribution in [0.15, 0.2) is 4.99 Å². The smallest absolute Gasteiger partial charge is 0.191 e. The Labute approximate surface area is 109 Å². The number of nitrogens with one attached hydrogen (secondary N) is 2. The molecule has 2 heterocycles. The lowest BCUT2D eigenvalue weighted by Crippen LogP contribution is -2.47. The highest BCUT2D eigenvalue weighted by atomic mass is 15.3. The van der Waals surface area contributed by atoms with E-state index in [1.165, 1.54) is 11.3 Å². The molecule has 5 nitrogen and oxygen atoms in total. The first kappa shape index (κ1) is 12.9. The van der Waals surface area contributed by atoms with Crippen LogP contribution in [0.5, 0.6) is 0 Å². The van der Waals surface area contributed by atoms with Crippen LogP contribution in [0, 0.1) is 19.3 Å². The average molecular weight is 249 g/mol. The molecule has 18 heavy (non-hydrogen) atoms. The lowest BCUT2D eigenvalue weighted by Gasteiger charge is -2.29. The molecule has 1 aliphatic heterocycles. The van der Waals surface area contributed by atoms with E-state index in [1.807, 2.05) is 18.7 Å². The zero-order valence-corrected chi connectivity index (χ0v) is 12.0. The van der Waals surface area contributed by atoms with Gasteiger partial charge in [0.1, 0.15) is 0 Å². The van der Waals surface area contributed by atoms with Crippen molar-refractivity contribution in [2.24, 2.45) is 17.5 Å². The first-order chi connectivity index (χ1) is 8.39. The van der Waals surface area contributed by atoms with Crippen molar-refractivity contribution in [3.8, 4) is 0 Å². The molecule has 0 aliphatic carbocycles. The monoisotopic (exact) mass is 249 g/mol. The predicted octanol–water partition coefficient (Wildman–Crippen LogP) is 1.11. The van der Waals surface area contributed by atoms with Gasteiger partial charge in [-0.2, -0.15) is 5.10 Å². The molecule has 0 unspecified atom stereocenters. The molecule has 1 aliphatic rings. The summed E-state index contributed by atoms with van der Waals surface area (Å²) in [5.74, 6) is 0.900. The van der Waals surface area contributed by atoms with Gasteiger partial charge in [-0.15, -0.1) is 0 Å². The van der Waals surface area contributed by atoms with Crippen LogP contribution < -0.4 is 10.6 Å². The third kappa shape index (κ3) is 2.66. The topological polar surface area (TPSA) is 54.2 Å². The van der Waals surface area contributed by atoms with E-state index in [-0.39, 0.29) is 5.41 Å². The van der Waals surface area contributed by atoms with Crippen molar-refractivity contribution in [1.82, 2.24) is 20.4 Å². The molecule has 5 heteroatoms. The van der Waals surface area contributed by atoms with Crippen molar-refractivity contribution < 1.29 is 0 Å². The quantitative estimate of drug-likeness (QED) is 0.825. The summed E-state index contributed by atoms with van der Waals surface area (Å²) in [5.41, 5.74) is 3.80. The molecule has 2 N–H and O–H groups in total. The van der Waals surface area contributed by atoms with E-state index >= 15 is 0 Å². The van der Waals surface area contributed by atoms with Gasteiger partial charge in [0, 0.05) is 43.4 Å². The molecule has 0 amide bonds. The summed E-state index contributed by atoms with van der Waals surface area (Å²) in [7, 11) is 1.98. The first-order valence-electron chi connectivity index (χ1n) is 6.40. The SMILES string of the molecule is Cc1nn(C)c(C)c1CNC1=NCC(C)(C)CN1. The van der Waals surface area contributed by atoms with Gasteiger partial charge in [0.25, 0.3) is 0 Å². The number of rotatable bonds is 2. The van der Waals surface area contributed by atoms with Crippen molar-refractivity contribution in [2.75, 3.05) is 13.1 Å². The molecule has 0 spiro atoms. The average Bonchev–Trinajstić information content (AvgIpc) is 2.53. The van der Waals surface area contributed by atoms with E-state index in [0.717, 1.165) is 31.3 Å². The molecule has 100 valence electrons. The van der Waals surface area contributed by atoms with Gasteiger partial charge in [-0.05, 0) is 13.8 Å². The second-order valence-corrected chi connectivity index (χ2v) is 5.81. The van der Waals surface area contributed by atoms with Gasteiger partial charge in [-0.3, -0.25) is 9.67 Å². The highest BCUT2D eigenvalue weighted by Crippen LogP contribution is 2.16. The van der Waals surface area contributed by atoms with Crippen molar-refractivity contribution in [3.63, 3.8) is 0 Å². The zero-order valence-electron chi connectivity index (χ0n) is 12.0. The first-order valence-corrected chi connectivity index (χ1v) is 6.40. The maximum Gasteiger partial charge on any atom is 0.191 e. The van der Waals surface area contributed by atoms with Crippen molar-refractivity contribution >= 4 is 5.96 Å². The van der Waals surface area contributed by atoms with E-state index in [9.17, 15) is 0 Å². The number of hydrogen-bond acceptors (Lipinski definition) is 4. The Hall–Kier alpha value is -1.52. The van der Waals surface area contributed by atoms with Gasteiger partial charge < -0.3 is 10.6 Å². The third-order valence-electron chi connectivity index (χ3n) is 3.49. The fourth-order valence-corrected chi connectivity index (χ4v) is 2.09. The molecule has 2 rings (SSSR count).